The first-order valence-electron chi connectivity index (χ1n) is 10.7. The number of carbonyl (C=O) groups excluding carboxylic acids is 2. The van der Waals surface area contributed by atoms with E-state index in [0.29, 0.717) is 39.7 Å². The molecule has 1 aliphatic rings. The Kier molecular flexibility index (Phi) is 6.82. The quantitative estimate of drug-likeness (QED) is 0.346. The smallest absolute Gasteiger partial charge is 0.352 e. The van der Waals surface area contributed by atoms with Crippen molar-refractivity contribution < 1.29 is 33.3 Å². The fraction of sp³-hybridized carbons (Fsp3) is 0.185. The first-order valence-corrected chi connectivity index (χ1v) is 10.7. The summed E-state index contributed by atoms with van der Waals surface area (Å²) >= 11 is 0. The molecule has 3 aromatic rings. The van der Waals surface area contributed by atoms with Gasteiger partial charge in [0, 0.05) is 23.3 Å². The lowest BCUT2D eigenvalue weighted by atomic mass is 10.1. The predicted molar refractivity (Wildman–Crippen MR) is 125 cm³/mol. The summed E-state index contributed by atoms with van der Waals surface area (Å²) in [5, 5.41) is 0. The Morgan fingerprint density at radius 1 is 0.971 bits per heavy atom. The van der Waals surface area contributed by atoms with Crippen LogP contribution in [0.15, 0.2) is 72.5 Å². The summed E-state index contributed by atoms with van der Waals surface area (Å²) in [6.07, 6.45) is 0.668. The topological polar surface area (TPSA) is 80.3 Å². The van der Waals surface area contributed by atoms with Crippen LogP contribution in [-0.2, 0) is 9.53 Å². The van der Waals surface area contributed by atoms with E-state index in [1.165, 1.54) is 0 Å². The Morgan fingerprint density at radius 3 is 2.44 bits per heavy atom. The summed E-state index contributed by atoms with van der Waals surface area (Å²) in [7, 11) is 3.11. The van der Waals surface area contributed by atoms with Gasteiger partial charge in [0.1, 0.15) is 23.0 Å². The minimum atomic E-state index is -0.949. The highest BCUT2D eigenvalue weighted by Crippen LogP contribution is 2.37. The molecule has 3 aromatic carbocycles. The number of hydrogen-bond acceptors (Lipinski definition) is 7. The van der Waals surface area contributed by atoms with E-state index in [1.54, 1.807) is 75.8 Å². The fourth-order valence-corrected chi connectivity index (χ4v) is 3.55. The maximum absolute atomic E-state index is 12.9. The summed E-state index contributed by atoms with van der Waals surface area (Å²) in [4.78, 5) is 25.4. The summed E-state index contributed by atoms with van der Waals surface area (Å²) in [5.74, 6) is 1.29. The molecule has 0 amide bonds. The molecular weight excluding hydrogens is 436 g/mol. The zero-order valence-corrected chi connectivity index (χ0v) is 19.1. The standard InChI is InChI=1S/C27H24O7/c1-4-32-27(29)26(17-8-6-5-7-9-17)33-20-12-13-21-23(16-20)34-24(25(21)28)14-18-10-11-19(30-2)15-22(18)31-3/h5-16,26H,4H2,1-3H3/b24-14-/t26-/m1/s1. The number of methoxy groups -OCH3 is 2. The highest BCUT2D eigenvalue weighted by atomic mass is 16.6. The minimum absolute atomic E-state index is 0.153. The third-order valence-electron chi connectivity index (χ3n) is 5.23. The molecule has 0 N–H and O–H groups in total. The van der Waals surface area contributed by atoms with E-state index in [9.17, 15) is 9.59 Å². The fourth-order valence-electron chi connectivity index (χ4n) is 3.55. The van der Waals surface area contributed by atoms with Crippen LogP contribution in [0.1, 0.15) is 34.5 Å². The predicted octanol–water partition coefficient (Wildman–Crippen LogP) is 5.00. The molecular formula is C27H24O7. The monoisotopic (exact) mass is 460 g/mol. The van der Waals surface area contributed by atoms with Gasteiger partial charge in [-0.05, 0) is 37.3 Å². The lowest BCUT2D eigenvalue weighted by Crippen LogP contribution is -2.21. The summed E-state index contributed by atoms with van der Waals surface area (Å²) in [6.45, 7) is 1.97. The van der Waals surface area contributed by atoms with Crippen LogP contribution in [0.4, 0.5) is 0 Å². The molecule has 0 radical (unpaired) electrons. The summed E-state index contributed by atoms with van der Waals surface area (Å²) in [5.41, 5.74) is 1.73. The van der Waals surface area contributed by atoms with Gasteiger partial charge in [-0.3, -0.25) is 4.79 Å². The number of hydrogen-bond donors (Lipinski definition) is 0. The SMILES string of the molecule is CCOC(=O)[C@H](Oc1ccc2c(c1)O/C(=C\c1ccc(OC)cc1OC)C2=O)c1ccccc1. The molecule has 0 aromatic heterocycles. The first-order chi connectivity index (χ1) is 16.5. The van der Waals surface area contributed by atoms with Crippen molar-refractivity contribution in [2.24, 2.45) is 0 Å². The first kappa shape index (κ1) is 22.9. The maximum atomic E-state index is 12.9. The van der Waals surface area contributed by atoms with Gasteiger partial charge < -0.3 is 23.7 Å². The molecule has 1 atom stereocenters. The van der Waals surface area contributed by atoms with Gasteiger partial charge in [-0.25, -0.2) is 4.79 Å². The van der Waals surface area contributed by atoms with Crippen molar-refractivity contribution >= 4 is 17.8 Å². The molecule has 0 aliphatic carbocycles. The normalized spacial score (nSPS) is 14.2. The van der Waals surface area contributed by atoms with E-state index in [-0.39, 0.29) is 18.1 Å². The zero-order valence-electron chi connectivity index (χ0n) is 19.1. The number of carbonyl (C=O) groups is 2. The van der Waals surface area contributed by atoms with Crippen molar-refractivity contribution in [3.8, 4) is 23.0 Å². The van der Waals surface area contributed by atoms with Crippen LogP contribution in [-0.4, -0.2) is 32.6 Å². The second-order valence-electron chi connectivity index (χ2n) is 7.37. The van der Waals surface area contributed by atoms with E-state index in [0.717, 1.165) is 0 Å². The average Bonchev–Trinajstić information content (AvgIpc) is 3.17. The number of Topliss-reactive ketones (excluding diaryl/α,β-unsaturated/α-hetero) is 1. The molecule has 7 heteroatoms. The van der Waals surface area contributed by atoms with Crippen LogP contribution in [0, 0.1) is 0 Å². The highest BCUT2D eigenvalue weighted by molar-refractivity contribution is 6.14. The number of ketones is 1. The number of esters is 1. The van der Waals surface area contributed by atoms with Crippen molar-refractivity contribution in [1.82, 2.24) is 0 Å². The molecule has 34 heavy (non-hydrogen) atoms. The molecule has 1 heterocycles. The number of fused-ring (bicyclic) bond motifs is 1. The Balaban J connectivity index is 1.60. The Morgan fingerprint density at radius 2 is 1.74 bits per heavy atom. The molecule has 7 nitrogen and oxygen atoms in total. The Bertz CT molecular complexity index is 1230. The van der Waals surface area contributed by atoms with E-state index < -0.39 is 12.1 Å². The van der Waals surface area contributed by atoms with Crippen molar-refractivity contribution in [2.45, 2.75) is 13.0 Å². The van der Waals surface area contributed by atoms with Crippen LogP contribution in [0.2, 0.25) is 0 Å². The molecule has 4 rings (SSSR count). The van der Waals surface area contributed by atoms with Gasteiger partial charge in [0.15, 0.2) is 5.76 Å². The van der Waals surface area contributed by atoms with Crippen molar-refractivity contribution in [3.63, 3.8) is 0 Å². The van der Waals surface area contributed by atoms with Gasteiger partial charge in [-0.2, -0.15) is 0 Å². The molecule has 0 spiro atoms. The Labute approximate surface area is 197 Å². The van der Waals surface area contributed by atoms with E-state index in [1.807, 2.05) is 18.2 Å². The number of ether oxygens (including phenoxy) is 5. The number of allylic oxidation sites excluding steroid dienone is 1. The third-order valence-corrected chi connectivity index (χ3v) is 5.23. The number of rotatable bonds is 8. The van der Waals surface area contributed by atoms with Crippen molar-refractivity contribution in [1.29, 1.82) is 0 Å². The third kappa shape index (κ3) is 4.73. The highest BCUT2D eigenvalue weighted by Gasteiger charge is 2.30. The molecule has 0 saturated heterocycles. The van der Waals surface area contributed by atoms with Crippen molar-refractivity contribution in [2.75, 3.05) is 20.8 Å². The molecule has 0 saturated carbocycles. The largest absolute Gasteiger partial charge is 0.497 e. The minimum Gasteiger partial charge on any atom is -0.497 e. The number of benzene rings is 3. The van der Waals surface area contributed by atoms with Gasteiger partial charge >= 0.3 is 5.97 Å². The summed E-state index contributed by atoms with van der Waals surface area (Å²) < 4.78 is 27.6. The van der Waals surface area contributed by atoms with E-state index in [4.69, 9.17) is 23.7 Å². The van der Waals surface area contributed by atoms with Crippen LogP contribution in [0.5, 0.6) is 23.0 Å². The lowest BCUT2D eigenvalue weighted by Gasteiger charge is -2.18. The summed E-state index contributed by atoms with van der Waals surface area (Å²) in [6, 6.07) is 19.2. The molecule has 1 aliphatic heterocycles. The molecule has 174 valence electrons. The Hall–Kier alpha value is -4.26. The lowest BCUT2D eigenvalue weighted by molar-refractivity contribution is -0.151. The van der Waals surface area contributed by atoms with Crippen LogP contribution < -0.4 is 18.9 Å². The van der Waals surface area contributed by atoms with E-state index in [2.05, 4.69) is 0 Å². The van der Waals surface area contributed by atoms with Crippen molar-refractivity contribution in [3.05, 3.63) is 89.2 Å². The van der Waals surface area contributed by atoms with Crippen LogP contribution in [0.3, 0.4) is 0 Å². The zero-order chi connectivity index (χ0) is 24.1. The van der Waals surface area contributed by atoms with Gasteiger partial charge in [0.05, 0.1) is 26.4 Å². The van der Waals surface area contributed by atoms with Gasteiger partial charge in [-0.15, -0.1) is 0 Å². The maximum Gasteiger partial charge on any atom is 0.352 e. The molecule has 0 fully saturated rings. The van der Waals surface area contributed by atoms with E-state index >= 15 is 0 Å². The van der Waals surface area contributed by atoms with Gasteiger partial charge in [0.2, 0.25) is 11.9 Å². The molecule has 0 bridgehead atoms. The second kappa shape index (κ2) is 10.1. The molecule has 0 unspecified atom stereocenters. The van der Waals surface area contributed by atoms with Crippen LogP contribution in [0.25, 0.3) is 6.08 Å². The average molecular weight is 460 g/mol. The van der Waals surface area contributed by atoms with Gasteiger partial charge in [-0.1, -0.05) is 30.3 Å². The van der Waals surface area contributed by atoms with Crippen LogP contribution >= 0.6 is 0 Å². The van der Waals surface area contributed by atoms with Gasteiger partial charge in [0.25, 0.3) is 0 Å². The second-order valence-corrected chi connectivity index (χ2v) is 7.37.